The maximum absolute atomic E-state index is 4.94. The molecule has 1 atom stereocenters. The van der Waals surface area contributed by atoms with Crippen LogP contribution >= 0.6 is 0 Å². The van der Waals surface area contributed by atoms with Crippen LogP contribution in [-0.4, -0.2) is 44.8 Å². The van der Waals surface area contributed by atoms with E-state index in [-0.39, 0.29) is 0 Å². The van der Waals surface area contributed by atoms with E-state index in [1.54, 1.807) is 0 Å². The van der Waals surface area contributed by atoms with Crippen LogP contribution in [0.4, 0.5) is 5.82 Å². The van der Waals surface area contributed by atoms with Crippen molar-refractivity contribution in [3.05, 3.63) is 47.4 Å². The number of rotatable bonds is 4. The van der Waals surface area contributed by atoms with Crippen molar-refractivity contribution in [1.29, 1.82) is 0 Å². The summed E-state index contributed by atoms with van der Waals surface area (Å²) in [6, 6.07) is 8.54. The summed E-state index contributed by atoms with van der Waals surface area (Å²) in [6.07, 6.45) is 4.23. The van der Waals surface area contributed by atoms with Crippen LogP contribution in [0.15, 0.2) is 30.5 Å². The summed E-state index contributed by atoms with van der Waals surface area (Å²) < 4.78 is 1.89. The van der Waals surface area contributed by atoms with E-state index in [9.17, 15) is 0 Å². The lowest BCUT2D eigenvalue weighted by Gasteiger charge is -2.32. The molecule has 0 aliphatic carbocycles. The first-order valence-corrected chi connectivity index (χ1v) is 9.30. The minimum absolute atomic E-state index is 0.470. The lowest BCUT2D eigenvalue weighted by Crippen LogP contribution is -2.34. The quantitative estimate of drug-likeness (QED) is 0.783. The van der Waals surface area contributed by atoms with Crippen molar-refractivity contribution < 1.29 is 0 Å². The van der Waals surface area contributed by atoms with Crippen LogP contribution in [-0.2, 0) is 13.6 Å². The van der Waals surface area contributed by atoms with Crippen molar-refractivity contribution in [2.45, 2.75) is 32.2 Å². The number of hydrogen-bond acceptors (Lipinski definition) is 5. The third kappa shape index (κ3) is 3.17. The molecule has 0 saturated carbocycles. The lowest BCUT2D eigenvalue weighted by molar-refractivity contribution is 0.199. The van der Waals surface area contributed by atoms with Crippen LogP contribution in [0.5, 0.6) is 0 Å². The summed E-state index contributed by atoms with van der Waals surface area (Å²) in [5, 5.41) is 8.84. The third-order valence-corrected chi connectivity index (χ3v) is 5.34. The van der Waals surface area contributed by atoms with E-state index in [1.165, 1.54) is 24.1 Å². The third-order valence-electron chi connectivity index (χ3n) is 5.34. The Morgan fingerprint density at radius 2 is 2.15 bits per heavy atom. The van der Waals surface area contributed by atoms with Gasteiger partial charge in [0.2, 0.25) is 0 Å². The number of piperidine rings is 1. The average Bonchev–Trinajstić information content (AvgIpc) is 2.96. The van der Waals surface area contributed by atoms with E-state index in [4.69, 9.17) is 4.98 Å². The molecule has 26 heavy (non-hydrogen) atoms. The predicted molar refractivity (Wildman–Crippen MR) is 104 cm³/mol. The molecule has 4 rings (SSSR count). The fourth-order valence-electron chi connectivity index (χ4n) is 4.02. The minimum Gasteiger partial charge on any atom is -0.373 e. The van der Waals surface area contributed by atoms with Crippen LogP contribution in [0.3, 0.4) is 0 Å². The topological polar surface area (TPSA) is 58.9 Å². The monoisotopic (exact) mass is 350 g/mol. The Balaban J connectivity index is 1.54. The molecule has 0 bridgehead atoms. The molecule has 3 aromatic heterocycles. The molecular formula is C20H26N6. The van der Waals surface area contributed by atoms with Crippen molar-refractivity contribution in [2.24, 2.45) is 7.05 Å². The van der Waals surface area contributed by atoms with Crippen LogP contribution in [0.25, 0.3) is 11.0 Å². The van der Waals surface area contributed by atoms with Gasteiger partial charge in [0.05, 0.1) is 5.69 Å². The molecule has 0 spiro atoms. The van der Waals surface area contributed by atoms with Gasteiger partial charge in [0.25, 0.3) is 0 Å². The van der Waals surface area contributed by atoms with Gasteiger partial charge in [0, 0.05) is 55.9 Å². The van der Waals surface area contributed by atoms with Gasteiger partial charge in [-0.1, -0.05) is 6.07 Å². The molecule has 6 heteroatoms. The highest BCUT2D eigenvalue weighted by Crippen LogP contribution is 2.29. The summed E-state index contributed by atoms with van der Waals surface area (Å²) in [5.74, 6) is 1.44. The number of fused-ring (bicyclic) bond motifs is 1. The van der Waals surface area contributed by atoms with Crippen molar-refractivity contribution >= 4 is 16.9 Å². The Kier molecular flexibility index (Phi) is 4.59. The van der Waals surface area contributed by atoms with Gasteiger partial charge < -0.3 is 5.32 Å². The standard InChI is InChI=1S/C20H26N6/c1-14-17-8-9-18(23-20(17)25(3)24-14)15-7-5-11-26(12-15)13-16-6-4-10-22-19(16)21-2/h4,6,8-10,15H,5,7,11-13H2,1-3H3,(H,21,22). The Morgan fingerprint density at radius 3 is 3.00 bits per heavy atom. The molecule has 1 saturated heterocycles. The van der Waals surface area contributed by atoms with Crippen molar-refractivity contribution in [1.82, 2.24) is 24.6 Å². The number of nitrogens with one attached hydrogen (secondary N) is 1. The van der Waals surface area contributed by atoms with E-state index in [1.807, 2.05) is 38.0 Å². The van der Waals surface area contributed by atoms with Gasteiger partial charge in [-0.3, -0.25) is 9.58 Å². The second-order valence-electron chi connectivity index (χ2n) is 7.15. The SMILES string of the molecule is CNc1ncccc1CN1CCCC(c2ccc3c(C)nn(C)c3n2)C1. The first-order valence-electron chi connectivity index (χ1n) is 9.30. The predicted octanol–water partition coefficient (Wildman–Crippen LogP) is 3.09. The summed E-state index contributed by atoms with van der Waals surface area (Å²) >= 11 is 0. The van der Waals surface area contributed by atoms with E-state index in [0.717, 1.165) is 42.2 Å². The molecule has 1 N–H and O–H groups in total. The zero-order valence-electron chi connectivity index (χ0n) is 15.7. The molecular weight excluding hydrogens is 324 g/mol. The van der Waals surface area contributed by atoms with Gasteiger partial charge in [0.1, 0.15) is 5.82 Å². The van der Waals surface area contributed by atoms with E-state index in [0.29, 0.717) is 5.92 Å². The highest BCUT2D eigenvalue weighted by atomic mass is 15.3. The number of anilines is 1. The maximum Gasteiger partial charge on any atom is 0.158 e. The molecule has 3 aromatic rings. The van der Waals surface area contributed by atoms with Crippen molar-refractivity contribution in [3.8, 4) is 0 Å². The molecule has 1 aliphatic heterocycles. The first-order chi connectivity index (χ1) is 12.7. The molecule has 0 radical (unpaired) electrons. The smallest absolute Gasteiger partial charge is 0.158 e. The van der Waals surface area contributed by atoms with Crippen molar-refractivity contribution in [3.63, 3.8) is 0 Å². The number of pyridine rings is 2. The van der Waals surface area contributed by atoms with Crippen LogP contribution < -0.4 is 5.32 Å². The van der Waals surface area contributed by atoms with Gasteiger partial charge >= 0.3 is 0 Å². The van der Waals surface area contributed by atoms with E-state index in [2.05, 4.69) is 38.5 Å². The van der Waals surface area contributed by atoms with Gasteiger partial charge in [-0.2, -0.15) is 5.10 Å². The second kappa shape index (κ2) is 7.03. The van der Waals surface area contributed by atoms with Crippen molar-refractivity contribution in [2.75, 3.05) is 25.5 Å². The average molecular weight is 350 g/mol. The van der Waals surface area contributed by atoms with Gasteiger partial charge in [0.15, 0.2) is 5.65 Å². The molecule has 1 aliphatic rings. The highest BCUT2D eigenvalue weighted by molar-refractivity contribution is 5.78. The second-order valence-corrected chi connectivity index (χ2v) is 7.15. The number of aromatic nitrogens is 4. The zero-order valence-corrected chi connectivity index (χ0v) is 15.7. The molecule has 0 amide bonds. The van der Waals surface area contributed by atoms with Crippen LogP contribution in [0.2, 0.25) is 0 Å². The number of likely N-dealkylation sites (tertiary alicyclic amines) is 1. The Labute approximate surface area is 154 Å². The zero-order chi connectivity index (χ0) is 18.1. The fraction of sp³-hybridized carbons (Fsp3) is 0.450. The molecule has 1 unspecified atom stereocenters. The summed E-state index contributed by atoms with van der Waals surface area (Å²) in [6.45, 7) is 5.13. The number of nitrogens with zero attached hydrogens (tertiary/aromatic N) is 5. The molecule has 0 aromatic carbocycles. The fourth-order valence-corrected chi connectivity index (χ4v) is 4.02. The molecule has 136 valence electrons. The molecule has 6 nitrogen and oxygen atoms in total. The maximum atomic E-state index is 4.94. The van der Waals surface area contributed by atoms with Gasteiger partial charge in [-0.05, 0) is 44.5 Å². The largest absolute Gasteiger partial charge is 0.373 e. The Morgan fingerprint density at radius 1 is 1.27 bits per heavy atom. The number of hydrogen-bond donors (Lipinski definition) is 1. The first kappa shape index (κ1) is 17.0. The lowest BCUT2D eigenvalue weighted by atomic mass is 9.93. The van der Waals surface area contributed by atoms with Crippen LogP contribution in [0, 0.1) is 6.92 Å². The highest BCUT2D eigenvalue weighted by Gasteiger charge is 2.24. The van der Waals surface area contributed by atoms with Gasteiger partial charge in [-0.15, -0.1) is 0 Å². The summed E-state index contributed by atoms with van der Waals surface area (Å²) in [4.78, 5) is 11.9. The van der Waals surface area contributed by atoms with Crippen LogP contribution in [0.1, 0.15) is 35.7 Å². The Hall–Kier alpha value is -2.47. The van der Waals surface area contributed by atoms with E-state index < -0.39 is 0 Å². The van der Waals surface area contributed by atoms with Gasteiger partial charge in [-0.25, -0.2) is 9.97 Å². The minimum atomic E-state index is 0.470. The molecule has 4 heterocycles. The normalized spacial score (nSPS) is 18.3. The van der Waals surface area contributed by atoms with E-state index >= 15 is 0 Å². The Bertz CT molecular complexity index is 916. The molecule has 1 fully saturated rings. The summed E-state index contributed by atoms with van der Waals surface area (Å²) in [5.41, 5.74) is 4.47. The number of aryl methyl sites for hydroxylation is 2. The summed E-state index contributed by atoms with van der Waals surface area (Å²) in [7, 11) is 3.90.